The minimum Gasteiger partial charge on any atom is -0.323 e. The van der Waals surface area contributed by atoms with E-state index >= 15 is 0 Å². The van der Waals surface area contributed by atoms with Crippen molar-refractivity contribution in [1.82, 2.24) is 4.90 Å². The Labute approximate surface area is 111 Å². The zero-order valence-corrected chi connectivity index (χ0v) is 11.7. The Bertz CT molecular complexity index is 354. The smallest absolute Gasteiger partial charge is 0.0424 e. The van der Waals surface area contributed by atoms with Crippen molar-refractivity contribution in [2.45, 2.75) is 51.1 Å². The van der Waals surface area contributed by atoms with Crippen LogP contribution in [0, 0.1) is 0 Å². The van der Waals surface area contributed by atoms with Gasteiger partial charge in [0.05, 0.1) is 0 Å². The standard InChI is InChI=1S/C16H26N2/c1-3-5-13-8-10-14(11-9-13)16(17)12-18(2)15-6-4-7-15/h8-11,15-16H,3-7,12,17H2,1-2H3. The second kappa shape index (κ2) is 6.35. The van der Waals surface area contributed by atoms with Gasteiger partial charge in [0.15, 0.2) is 0 Å². The summed E-state index contributed by atoms with van der Waals surface area (Å²) in [5.74, 6) is 0. The van der Waals surface area contributed by atoms with Crippen LogP contribution >= 0.6 is 0 Å². The van der Waals surface area contributed by atoms with E-state index in [9.17, 15) is 0 Å². The van der Waals surface area contributed by atoms with Crippen molar-refractivity contribution in [3.8, 4) is 0 Å². The second-order valence-electron chi connectivity index (χ2n) is 5.62. The third-order valence-corrected chi connectivity index (χ3v) is 4.13. The van der Waals surface area contributed by atoms with Gasteiger partial charge in [-0.25, -0.2) is 0 Å². The number of nitrogens with zero attached hydrogens (tertiary/aromatic N) is 1. The van der Waals surface area contributed by atoms with Crippen molar-refractivity contribution in [2.24, 2.45) is 5.73 Å². The number of nitrogens with two attached hydrogens (primary N) is 1. The summed E-state index contributed by atoms with van der Waals surface area (Å²) in [5, 5.41) is 0. The molecule has 1 atom stereocenters. The summed E-state index contributed by atoms with van der Waals surface area (Å²) in [7, 11) is 2.20. The molecule has 0 saturated heterocycles. The Kier molecular flexibility index (Phi) is 4.79. The largest absolute Gasteiger partial charge is 0.323 e. The Morgan fingerprint density at radius 3 is 2.44 bits per heavy atom. The number of likely N-dealkylation sites (N-methyl/N-ethyl adjacent to an activating group) is 1. The maximum absolute atomic E-state index is 6.29. The predicted molar refractivity (Wildman–Crippen MR) is 77.6 cm³/mol. The quantitative estimate of drug-likeness (QED) is 0.835. The normalized spacial score (nSPS) is 17.8. The zero-order valence-electron chi connectivity index (χ0n) is 11.7. The van der Waals surface area contributed by atoms with E-state index in [2.05, 4.69) is 43.1 Å². The number of benzene rings is 1. The number of aryl methyl sites for hydroxylation is 1. The molecule has 1 aliphatic rings. The summed E-state index contributed by atoms with van der Waals surface area (Å²) >= 11 is 0. The van der Waals surface area contributed by atoms with E-state index in [-0.39, 0.29) is 6.04 Å². The summed E-state index contributed by atoms with van der Waals surface area (Å²) in [6.07, 6.45) is 6.45. The van der Waals surface area contributed by atoms with E-state index in [4.69, 9.17) is 5.73 Å². The van der Waals surface area contributed by atoms with E-state index in [1.165, 1.54) is 36.8 Å². The monoisotopic (exact) mass is 246 g/mol. The molecule has 1 aliphatic carbocycles. The van der Waals surface area contributed by atoms with E-state index in [1.54, 1.807) is 0 Å². The van der Waals surface area contributed by atoms with Crippen molar-refractivity contribution in [2.75, 3.05) is 13.6 Å². The third-order valence-electron chi connectivity index (χ3n) is 4.13. The lowest BCUT2D eigenvalue weighted by Crippen LogP contribution is -2.41. The molecule has 1 aromatic carbocycles. The molecule has 1 fully saturated rings. The van der Waals surface area contributed by atoms with Crippen LogP contribution in [0.2, 0.25) is 0 Å². The molecule has 0 aromatic heterocycles. The Balaban J connectivity index is 1.89. The van der Waals surface area contributed by atoms with Crippen molar-refractivity contribution >= 4 is 0 Å². The highest BCUT2D eigenvalue weighted by Gasteiger charge is 2.23. The molecule has 1 unspecified atom stereocenters. The summed E-state index contributed by atoms with van der Waals surface area (Å²) < 4.78 is 0. The lowest BCUT2D eigenvalue weighted by atomic mass is 9.91. The van der Waals surface area contributed by atoms with Crippen molar-refractivity contribution in [3.05, 3.63) is 35.4 Å². The summed E-state index contributed by atoms with van der Waals surface area (Å²) in [6.45, 7) is 3.19. The highest BCUT2D eigenvalue weighted by molar-refractivity contribution is 5.25. The lowest BCUT2D eigenvalue weighted by molar-refractivity contribution is 0.152. The molecule has 2 N–H and O–H groups in total. The first kappa shape index (κ1) is 13.6. The van der Waals surface area contributed by atoms with Gasteiger partial charge >= 0.3 is 0 Å². The topological polar surface area (TPSA) is 29.3 Å². The molecule has 1 aromatic rings. The van der Waals surface area contributed by atoms with Crippen LogP contribution in [-0.2, 0) is 6.42 Å². The first-order chi connectivity index (χ1) is 8.70. The molecule has 2 nitrogen and oxygen atoms in total. The van der Waals surface area contributed by atoms with Gasteiger partial charge in [-0.2, -0.15) is 0 Å². The van der Waals surface area contributed by atoms with Crippen LogP contribution in [0.1, 0.15) is 49.8 Å². The average molecular weight is 246 g/mol. The number of hydrogen-bond donors (Lipinski definition) is 1. The molecular weight excluding hydrogens is 220 g/mol. The zero-order chi connectivity index (χ0) is 13.0. The van der Waals surface area contributed by atoms with Gasteiger partial charge in [-0.15, -0.1) is 0 Å². The highest BCUT2D eigenvalue weighted by Crippen LogP contribution is 2.25. The van der Waals surface area contributed by atoms with Crippen molar-refractivity contribution in [1.29, 1.82) is 0 Å². The summed E-state index contributed by atoms with van der Waals surface area (Å²) in [6, 6.07) is 9.76. The summed E-state index contributed by atoms with van der Waals surface area (Å²) in [4.78, 5) is 2.42. The number of rotatable bonds is 6. The van der Waals surface area contributed by atoms with Gasteiger partial charge in [-0.1, -0.05) is 44.0 Å². The van der Waals surface area contributed by atoms with Crippen LogP contribution in [0.3, 0.4) is 0 Å². The van der Waals surface area contributed by atoms with Crippen LogP contribution in [0.5, 0.6) is 0 Å². The maximum Gasteiger partial charge on any atom is 0.0424 e. The van der Waals surface area contributed by atoms with E-state index in [0.29, 0.717) is 0 Å². The van der Waals surface area contributed by atoms with E-state index in [1.807, 2.05) is 0 Å². The first-order valence-corrected chi connectivity index (χ1v) is 7.25. The molecule has 1 saturated carbocycles. The van der Waals surface area contributed by atoms with Crippen LogP contribution in [0.15, 0.2) is 24.3 Å². The minimum atomic E-state index is 0.145. The average Bonchev–Trinajstić information content (AvgIpc) is 2.27. The SMILES string of the molecule is CCCc1ccc(C(N)CN(C)C2CCC2)cc1. The molecule has 0 heterocycles. The molecule has 100 valence electrons. The van der Waals surface area contributed by atoms with Crippen LogP contribution in [-0.4, -0.2) is 24.5 Å². The van der Waals surface area contributed by atoms with Gasteiger partial charge in [-0.3, -0.25) is 0 Å². The molecule has 0 bridgehead atoms. The molecule has 18 heavy (non-hydrogen) atoms. The van der Waals surface area contributed by atoms with E-state index in [0.717, 1.165) is 19.0 Å². The van der Waals surface area contributed by atoms with Crippen LogP contribution < -0.4 is 5.73 Å². The Morgan fingerprint density at radius 2 is 1.94 bits per heavy atom. The molecule has 0 radical (unpaired) electrons. The number of hydrogen-bond acceptors (Lipinski definition) is 2. The van der Waals surface area contributed by atoms with Crippen LogP contribution in [0.25, 0.3) is 0 Å². The molecule has 2 heteroatoms. The Hall–Kier alpha value is -0.860. The lowest BCUT2D eigenvalue weighted by Gasteiger charge is -2.36. The molecular formula is C16H26N2. The molecule has 2 rings (SSSR count). The van der Waals surface area contributed by atoms with Crippen molar-refractivity contribution in [3.63, 3.8) is 0 Å². The fourth-order valence-corrected chi connectivity index (χ4v) is 2.61. The van der Waals surface area contributed by atoms with Gasteiger partial charge in [0, 0.05) is 18.6 Å². The fraction of sp³-hybridized carbons (Fsp3) is 0.625. The highest BCUT2D eigenvalue weighted by atomic mass is 15.1. The minimum absolute atomic E-state index is 0.145. The second-order valence-corrected chi connectivity index (χ2v) is 5.62. The predicted octanol–water partition coefficient (Wildman–Crippen LogP) is 3.12. The van der Waals surface area contributed by atoms with Gasteiger partial charge in [0.2, 0.25) is 0 Å². The van der Waals surface area contributed by atoms with Gasteiger partial charge in [0.25, 0.3) is 0 Å². The third kappa shape index (κ3) is 3.33. The molecule has 0 amide bonds. The van der Waals surface area contributed by atoms with Gasteiger partial charge in [0.1, 0.15) is 0 Å². The summed E-state index contributed by atoms with van der Waals surface area (Å²) in [5.41, 5.74) is 8.98. The first-order valence-electron chi connectivity index (χ1n) is 7.25. The fourth-order valence-electron chi connectivity index (χ4n) is 2.61. The van der Waals surface area contributed by atoms with Crippen LogP contribution in [0.4, 0.5) is 0 Å². The Morgan fingerprint density at radius 1 is 1.28 bits per heavy atom. The van der Waals surface area contributed by atoms with Gasteiger partial charge < -0.3 is 10.6 Å². The van der Waals surface area contributed by atoms with E-state index < -0.39 is 0 Å². The molecule has 0 spiro atoms. The maximum atomic E-state index is 6.29. The van der Waals surface area contributed by atoms with Crippen molar-refractivity contribution < 1.29 is 0 Å². The van der Waals surface area contributed by atoms with Gasteiger partial charge in [-0.05, 0) is 37.4 Å². The molecule has 0 aliphatic heterocycles.